The number of carbonyl (C=O) groups excluding carboxylic acids is 1. The van der Waals surface area contributed by atoms with E-state index in [0.29, 0.717) is 12.8 Å². The third kappa shape index (κ3) is 4.03. The molecule has 4 N–H and O–H groups in total. The van der Waals surface area contributed by atoms with Crippen molar-refractivity contribution in [1.29, 1.82) is 0 Å². The Kier molecular flexibility index (Phi) is 7.80. The molecule has 0 aromatic carbocycles. The van der Waals surface area contributed by atoms with E-state index in [-0.39, 0.29) is 58.4 Å². The second-order valence-electron chi connectivity index (χ2n) is 16.6. The third-order valence-corrected chi connectivity index (χ3v) is 14.3. The first kappa shape index (κ1) is 30.7. The van der Waals surface area contributed by atoms with Gasteiger partial charge in [-0.15, -0.1) is 0 Å². The summed E-state index contributed by atoms with van der Waals surface area (Å²) in [7, 11) is 0. The van der Waals surface area contributed by atoms with E-state index in [1.807, 2.05) is 6.08 Å². The molecule has 0 bridgehead atoms. The van der Waals surface area contributed by atoms with Gasteiger partial charge in [-0.25, -0.2) is 0 Å². The first-order valence-electron chi connectivity index (χ1n) is 16.6. The average molecular weight is 559 g/mol. The lowest BCUT2D eigenvalue weighted by Gasteiger charge is -2.72. The van der Waals surface area contributed by atoms with Crippen LogP contribution in [0.1, 0.15) is 125 Å². The monoisotopic (exact) mass is 558 g/mol. The van der Waals surface area contributed by atoms with Crippen LogP contribution in [0, 0.1) is 50.2 Å². The van der Waals surface area contributed by atoms with Crippen molar-refractivity contribution in [3.8, 4) is 0 Å². The summed E-state index contributed by atoms with van der Waals surface area (Å²) in [4.78, 5) is 14.7. The lowest BCUT2D eigenvalue weighted by atomic mass is 9.32. The van der Waals surface area contributed by atoms with E-state index in [1.54, 1.807) is 0 Å². The van der Waals surface area contributed by atoms with Crippen molar-refractivity contribution in [2.75, 3.05) is 13.2 Å². The van der Waals surface area contributed by atoms with Crippen molar-refractivity contribution in [2.24, 2.45) is 50.2 Å². The molecule has 0 radical (unpaired) electrons. The summed E-state index contributed by atoms with van der Waals surface area (Å²) in [6.07, 6.45) is 12.8. The van der Waals surface area contributed by atoms with Crippen molar-refractivity contribution in [3.63, 3.8) is 0 Å². The van der Waals surface area contributed by atoms with E-state index < -0.39 is 23.0 Å². The van der Waals surface area contributed by atoms with Gasteiger partial charge >= 0.3 is 0 Å². The van der Waals surface area contributed by atoms with Crippen molar-refractivity contribution < 1.29 is 25.2 Å². The molecule has 5 nitrogen and oxygen atoms in total. The minimum absolute atomic E-state index is 0.00541. The van der Waals surface area contributed by atoms with Crippen molar-refractivity contribution >= 4 is 5.78 Å². The molecule has 0 aromatic heterocycles. The summed E-state index contributed by atoms with van der Waals surface area (Å²) >= 11 is 0. The molecule has 4 saturated carbocycles. The van der Waals surface area contributed by atoms with Gasteiger partial charge in [-0.3, -0.25) is 4.79 Å². The van der Waals surface area contributed by atoms with Gasteiger partial charge < -0.3 is 20.4 Å². The molecule has 0 aliphatic heterocycles. The third-order valence-electron chi connectivity index (χ3n) is 14.3. The number of hydrogen-bond acceptors (Lipinski definition) is 5. The molecule has 5 aliphatic carbocycles. The van der Waals surface area contributed by atoms with Crippen LogP contribution in [-0.2, 0) is 4.79 Å². The molecule has 4 fully saturated rings. The summed E-state index contributed by atoms with van der Waals surface area (Å²) in [6, 6.07) is 0. The summed E-state index contributed by atoms with van der Waals surface area (Å²) in [5.41, 5.74) is -0.799. The number of allylic oxidation sites excluding steroid dienone is 2. The highest BCUT2D eigenvalue weighted by molar-refractivity contribution is 5.95. The first-order valence-corrected chi connectivity index (χ1v) is 16.6. The second kappa shape index (κ2) is 10.2. The molecule has 0 heterocycles. The van der Waals surface area contributed by atoms with Crippen LogP contribution in [0.2, 0.25) is 0 Å². The second-order valence-corrected chi connectivity index (χ2v) is 16.6. The van der Waals surface area contributed by atoms with Crippen LogP contribution < -0.4 is 0 Å². The number of hydrogen-bond donors (Lipinski definition) is 4. The normalized spacial score (nSPS) is 49.8. The Morgan fingerprint density at radius 3 is 2.20 bits per heavy atom. The number of rotatable bonds is 7. The molecule has 0 amide bonds. The van der Waals surface area contributed by atoms with Crippen LogP contribution in [-0.4, -0.2) is 51.6 Å². The zero-order valence-corrected chi connectivity index (χ0v) is 26.3. The number of aliphatic hydroxyl groups is 4. The van der Waals surface area contributed by atoms with Gasteiger partial charge in [0.1, 0.15) is 0 Å². The summed E-state index contributed by atoms with van der Waals surface area (Å²) < 4.78 is 0. The lowest BCUT2D eigenvalue weighted by Crippen LogP contribution is -2.69. The summed E-state index contributed by atoms with van der Waals surface area (Å²) in [5, 5.41) is 44.6. The van der Waals surface area contributed by atoms with Gasteiger partial charge in [-0.1, -0.05) is 72.8 Å². The molecule has 0 unspecified atom stereocenters. The quantitative estimate of drug-likeness (QED) is 0.278. The maximum atomic E-state index is 14.7. The maximum absolute atomic E-state index is 14.7. The van der Waals surface area contributed by atoms with Crippen LogP contribution in [0.15, 0.2) is 11.6 Å². The summed E-state index contributed by atoms with van der Waals surface area (Å²) in [5.74, 6) is 0.150. The predicted octanol–water partition coefficient (Wildman–Crippen LogP) is 6.21. The van der Waals surface area contributed by atoms with Crippen LogP contribution in [0.4, 0.5) is 0 Å². The van der Waals surface area contributed by atoms with Gasteiger partial charge in [-0.2, -0.15) is 0 Å². The highest BCUT2D eigenvalue weighted by Crippen LogP contribution is 2.76. The number of carbonyl (C=O) groups is 1. The van der Waals surface area contributed by atoms with Gasteiger partial charge in [0, 0.05) is 16.7 Å². The number of unbranched alkanes of at least 4 members (excludes halogenated alkanes) is 3. The van der Waals surface area contributed by atoms with E-state index >= 15 is 0 Å². The molecule has 40 heavy (non-hydrogen) atoms. The minimum atomic E-state index is -0.610. The molecular weight excluding hydrogens is 500 g/mol. The Bertz CT molecular complexity index is 1020. The Morgan fingerprint density at radius 2 is 1.55 bits per heavy atom. The average Bonchev–Trinajstić information content (AvgIpc) is 2.90. The Labute approximate surface area is 243 Å². The van der Waals surface area contributed by atoms with Crippen molar-refractivity contribution in [3.05, 3.63) is 11.6 Å². The van der Waals surface area contributed by atoms with Gasteiger partial charge in [0.15, 0.2) is 5.78 Å². The highest BCUT2D eigenvalue weighted by Gasteiger charge is 2.72. The van der Waals surface area contributed by atoms with E-state index in [1.165, 1.54) is 12.0 Å². The van der Waals surface area contributed by atoms with Gasteiger partial charge in [0.2, 0.25) is 0 Å². The zero-order chi connectivity index (χ0) is 29.4. The molecule has 10 atom stereocenters. The molecule has 228 valence electrons. The topological polar surface area (TPSA) is 98.0 Å². The molecule has 5 rings (SSSR count). The Balaban J connectivity index is 1.66. The van der Waals surface area contributed by atoms with Crippen LogP contribution in [0.25, 0.3) is 0 Å². The largest absolute Gasteiger partial charge is 0.396 e. The van der Waals surface area contributed by atoms with Gasteiger partial charge in [0.25, 0.3) is 0 Å². The van der Waals surface area contributed by atoms with E-state index in [2.05, 4.69) is 41.5 Å². The zero-order valence-electron chi connectivity index (χ0n) is 26.3. The van der Waals surface area contributed by atoms with E-state index in [9.17, 15) is 25.2 Å². The minimum Gasteiger partial charge on any atom is -0.396 e. The van der Waals surface area contributed by atoms with E-state index in [0.717, 1.165) is 64.2 Å². The fourth-order valence-corrected chi connectivity index (χ4v) is 11.6. The number of fused-ring (bicyclic) bond motifs is 7. The summed E-state index contributed by atoms with van der Waals surface area (Å²) in [6.45, 7) is 13.5. The van der Waals surface area contributed by atoms with Crippen molar-refractivity contribution in [1.82, 2.24) is 0 Å². The molecule has 0 spiro atoms. The molecule has 0 saturated heterocycles. The molecule has 5 aliphatic rings. The number of ketones is 1. The predicted molar refractivity (Wildman–Crippen MR) is 158 cm³/mol. The van der Waals surface area contributed by atoms with Gasteiger partial charge in [-0.05, 0) is 97.4 Å². The molecular formula is C35H58O5. The van der Waals surface area contributed by atoms with Crippen molar-refractivity contribution in [2.45, 2.75) is 137 Å². The molecule has 0 aromatic rings. The fourth-order valence-electron chi connectivity index (χ4n) is 11.6. The van der Waals surface area contributed by atoms with E-state index in [4.69, 9.17) is 0 Å². The SMILES string of the molecule is CCCCCC[C@]12CC[C@H](O)[C@@](C)(CO)[C@H]1CC[C@]1(C)[C@@H]2C(=O)C=C2[C@H]3CC(C)(C)CC[C@]3(CO)[C@@H](O)C[C@]21C. The Hall–Kier alpha value is -0.750. The fraction of sp³-hybridized carbons (Fsp3) is 0.914. The lowest BCUT2D eigenvalue weighted by molar-refractivity contribution is -0.230. The van der Waals surface area contributed by atoms with Crippen LogP contribution >= 0.6 is 0 Å². The maximum Gasteiger partial charge on any atom is 0.159 e. The first-order chi connectivity index (χ1) is 18.7. The number of aliphatic hydroxyl groups excluding tert-OH is 4. The van der Waals surface area contributed by atoms with Crippen LogP contribution in [0.5, 0.6) is 0 Å². The van der Waals surface area contributed by atoms with Gasteiger partial charge in [0.05, 0.1) is 25.4 Å². The molecule has 5 heteroatoms. The van der Waals surface area contributed by atoms with Crippen LogP contribution in [0.3, 0.4) is 0 Å². The Morgan fingerprint density at radius 1 is 0.825 bits per heavy atom. The smallest absolute Gasteiger partial charge is 0.159 e. The standard InChI is InChI=1S/C35H58O5/c1-7-8-9-10-13-34-15-12-27(39)31(4,21-36)26(34)11-14-32(5)29(34)25(38)18-23-24-19-30(2,3)16-17-35(24,22-37)28(40)20-33(23,32)6/h18,24,26-29,36-37,39-40H,7-17,19-22H2,1-6H3/t24-,26-,27+,28+,29+,31+,32-,33-,34+,35-/m1/s1. The highest BCUT2D eigenvalue weighted by atomic mass is 16.3.